The lowest BCUT2D eigenvalue weighted by molar-refractivity contribution is -0.137. The zero-order valence-corrected chi connectivity index (χ0v) is 20.9. The molecule has 200 valence electrons. The number of benzene rings is 3. The molecule has 0 spiro atoms. The van der Waals surface area contributed by atoms with E-state index in [2.05, 4.69) is 5.32 Å². The topological polar surface area (TPSA) is 113 Å². The second-order valence-corrected chi connectivity index (χ2v) is 9.81. The smallest absolute Gasteiger partial charge is 0.416 e. The number of nitrogens with one attached hydrogen (secondary N) is 1. The van der Waals surface area contributed by atoms with Gasteiger partial charge in [-0.25, -0.2) is 4.79 Å². The summed E-state index contributed by atoms with van der Waals surface area (Å²) in [6.07, 6.45) is -3.24. The number of carbonyl (C=O) groups excluding carboxylic acids is 1. The third-order valence-electron chi connectivity index (χ3n) is 5.41. The van der Waals surface area contributed by atoms with Crippen LogP contribution in [0.15, 0.2) is 101 Å². The summed E-state index contributed by atoms with van der Waals surface area (Å²) in [5.74, 6) is 0.398. The molecule has 0 atom stereocenters. The van der Waals surface area contributed by atoms with Gasteiger partial charge in [0.25, 0.3) is 0 Å². The van der Waals surface area contributed by atoms with Crippen LogP contribution in [0.5, 0.6) is 5.75 Å². The molecule has 0 radical (unpaired) electrons. The van der Waals surface area contributed by atoms with Crippen LogP contribution in [0.3, 0.4) is 0 Å². The molecular weight excluding hydrogens is 535 g/mol. The highest BCUT2D eigenvalue weighted by Crippen LogP contribution is 2.31. The monoisotopic (exact) mass is 555 g/mol. The summed E-state index contributed by atoms with van der Waals surface area (Å²) in [7, 11) is -4.53. The van der Waals surface area contributed by atoms with Crippen LogP contribution in [0.25, 0.3) is 0 Å². The van der Waals surface area contributed by atoms with Gasteiger partial charge in [-0.15, -0.1) is 0 Å². The minimum atomic E-state index is -4.71. The summed E-state index contributed by atoms with van der Waals surface area (Å²) in [5.41, 5.74) is 0.288. The number of anilines is 1. The van der Waals surface area contributed by atoms with Gasteiger partial charge in [0.15, 0.2) is 0 Å². The first-order valence-electron chi connectivity index (χ1n) is 11.3. The van der Waals surface area contributed by atoms with Crippen molar-refractivity contribution < 1.29 is 35.0 Å². The van der Waals surface area contributed by atoms with Gasteiger partial charge in [0.1, 0.15) is 16.4 Å². The van der Waals surface area contributed by atoms with E-state index in [4.69, 9.17) is 13.9 Å². The normalized spacial score (nSPS) is 11.4. The number of halogens is 3. The van der Waals surface area contributed by atoms with Crippen LogP contribution < -0.4 is 9.50 Å². The predicted octanol–water partition coefficient (Wildman–Crippen LogP) is 6.17. The Morgan fingerprint density at radius 2 is 1.72 bits per heavy atom. The molecule has 0 fully saturated rings. The Morgan fingerprint density at radius 1 is 0.974 bits per heavy atom. The van der Waals surface area contributed by atoms with Gasteiger partial charge in [0.05, 0.1) is 30.0 Å². The first-order valence-corrected chi connectivity index (χ1v) is 12.7. The lowest BCUT2D eigenvalue weighted by Crippen LogP contribution is -2.34. The molecule has 1 aromatic heterocycles. The van der Waals surface area contributed by atoms with E-state index in [0.717, 1.165) is 18.2 Å². The summed E-state index contributed by atoms with van der Waals surface area (Å²) in [6.45, 7) is 0.198. The van der Waals surface area contributed by atoms with Gasteiger partial charge in [-0.3, -0.25) is 0 Å². The molecule has 2 amide bonds. The average Bonchev–Trinajstić information content (AvgIpc) is 3.42. The number of nitriles is 1. The largest absolute Gasteiger partial charge is 0.467 e. The molecule has 1 N–H and O–H groups in total. The molecule has 0 aliphatic carbocycles. The quantitative estimate of drug-likeness (QED) is 0.260. The van der Waals surface area contributed by atoms with Crippen LogP contribution in [0.1, 0.15) is 22.5 Å². The number of carbonyl (C=O) groups is 1. The van der Waals surface area contributed by atoms with Crippen LogP contribution in [0, 0.1) is 11.3 Å². The van der Waals surface area contributed by atoms with E-state index in [1.165, 1.54) is 41.5 Å². The second kappa shape index (κ2) is 11.3. The van der Waals surface area contributed by atoms with Crippen molar-refractivity contribution in [1.82, 2.24) is 4.90 Å². The maximum Gasteiger partial charge on any atom is 0.416 e. The molecule has 0 bridgehead atoms. The Hall–Kier alpha value is -4.76. The third-order valence-corrected chi connectivity index (χ3v) is 6.65. The molecule has 1 heterocycles. The molecule has 4 aromatic rings. The van der Waals surface area contributed by atoms with Gasteiger partial charge >= 0.3 is 22.3 Å². The minimum Gasteiger partial charge on any atom is -0.467 e. The molecular formula is C27H20F3N3O5S. The number of amides is 2. The molecule has 0 aliphatic rings. The molecule has 0 saturated heterocycles. The van der Waals surface area contributed by atoms with Crippen LogP contribution in [-0.2, 0) is 29.4 Å². The molecule has 3 aromatic carbocycles. The molecule has 12 heteroatoms. The molecule has 39 heavy (non-hydrogen) atoms. The lowest BCUT2D eigenvalue weighted by atomic mass is 10.2. The maximum atomic E-state index is 13.1. The van der Waals surface area contributed by atoms with Crippen molar-refractivity contribution in [1.29, 1.82) is 5.26 Å². The number of hydrogen-bond donors (Lipinski definition) is 1. The van der Waals surface area contributed by atoms with E-state index in [9.17, 15) is 26.4 Å². The number of alkyl halides is 3. The van der Waals surface area contributed by atoms with E-state index in [0.29, 0.717) is 28.6 Å². The molecule has 0 saturated carbocycles. The van der Waals surface area contributed by atoms with Crippen molar-refractivity contribution in [3.63, 3.8) is 0 Å². The second-order valence-electron chi connectivity index (χ2n) is 8.27. The van der Waals surface area contributed by atoms with E-state index >= 15 is 0 Å². The number of nitrogens with zero attached hydrogens (tertiary/aromatic N) is 2. The Labute approximate surface area is 222 Å². The van der Waals surface area contributed by atoms with Gasteiger partial charge in [-0.05, 0) is 66.2 Å². The SMILES string of the molecule is N#Cc1cccc(NC(=O)N(Cc2ccc(OS(=O)(=O)c3cccc(C(F)(F)F)c3)cc2)Cc2ccco2)c1. The van der Waals surface area contributed by atoms with E-state index in [1.807, 2.05) is 6.07 Å². The Kier molecular flexibility index (Phi) is 7.92. The van der Waals surface area contributed by atoms with E-state index in [-0.39, 0.29) is 18.8 Å². The highest BCUT2D eigenvalue weighted by Gasteiger charge is 2.32. The average molecular weight is 556 g/mol. The summed E-state index contributed by atoms with van der Waals surface area (Å²) in [6, 6.07) is 20.3. The van der Waals surface area contributed by atoms with E-state index < -0.39 is 32.8 Å². The van der Waals surface area contributed by atoms with Crippen molar-refractivity contribution in [3.05, 3.63) is 114 Å². The van der Waals surface area contributed by atoms with Crippen molar-refractivity contribution in [2.45, 2.75) is 24.2 Å². The van der Waals surface area contributed by atoms with Crippen molar-refractivity contribution >= 4 is 21.8 Å². The summed E-state index contributed by atoms with van der Waals surface area (Å²) < 4.78 is 74.4. The summed E-state index contributed by atoms with van der Waals surface area (Å²) >= 11 is 0. The molecule has 0 unspecified atom stereocenters. The van der Waals surface area contributed by atoms with Crippen molar-refractivity contribution in [2.75, 3.05) is 5.32 Å². The van der Waals surface area contributed by atoms with Gasteiger partial charge in [0, 0.05) is 12.2 Å². The fraction of sp³-hybridized carbons (Fsp3) is 0.111. The maximum absolute atomic E-state index is 13.1. The summed E-state index contributed by atoms with van der Waals surface area (Å²) in [5, 5.41) is 11.8. The Balaban J connectivity index is 1.49. The third kappa shape index (κ3) is 7.18. The Bertz CT molecular complexity index is 1600. The highest BCUT2D eigenvalue weighted by molar-refractivity contribution is 7.87. The Morgan fingerprint density at radius 3 is 2.38 bits per heavy atom. The van der Waals surface area contributed by atoms with Crippen molar-refractivity contribution in [3.8, 4) is 11.8 Å². The fourth-order valence-electron chi connectivity index (χ4n) is 3.53. The fourth-order valence-corrected chi connectivity index (χ4v) is 4.51. The first kappa shape index (κ1) is 27.3. The zero-order chi connectivity index (χ0) is 28.0. The number of urea groups is 1. The van der Waals surface area contributed by atoms with Gasteiger partial charge in [-0.1, -0.05) is 24.3 Å². The number of hydrogen-bond acceptors (Lipinski definition) is 6. The summed E-state index contributed by atoms with van der Waals surface area (Å²) in [4.78, 5) is 13.9. The first-order chi connectivity index (χ1) is 18.5. The highest BCUT2D eigenvalue weighted by atomic mass is 32.2. The lowest BCUT2D eigenvalue weighted by Gasteiger charge is -2.22. The van der Waals surface area contributed by atoms with Crippen LogP contribution in [0.4, 0.5) is 23.7 Å². The van der Waals surface area contributed by atoms with Gasteiger partial charge < -0.3 is 18.8 Å². The molecule has 4 rings (SSSR count). The van der Waals surface area contributed by atoms with E-state index in [1.54, 1.807) is 30.3 Å². The standard InChI is InChI=1S/C27H20F3N3O5S/c28-27(29,30)21-5-2-8-25(15-21)39(35,36)38-23-11-9-19(10-12-23)17-33(18-24-7-3-13-37-24)26(34)32-22-6-1-4-20(14-22)16-31/h1-15H,17-18H2,(H,32,34). The molecule has 0 aliphatic heterocycles. The van der Waals surface area contributed by atoms with Crippen LogP contribution in [-0.4, -0.2) is 19.3 Å². The van der Waals surface area contributed by atoms with Gasteiger partial charge in [-0.2, -0.15) is 26.9 Å². The molecule has 8 nitrogen and oxygen atoms in total. The predicted molar refractivity (Wildman–Crippen MR) is 134 cm³/mol. The minimum absolute atomic E-state index is 0.0884. The van der Waals surface area contributed by atoms with Crippen molar-refractivity contribution in [2.24, 2.45) is 0 Å². The number of rotatable bonds is 8. The van der Waals surface area contributed by atoms with Gasteiger partial charge in [0.2, 0.25) is 0 Å². The number of furan rings is 1. The van der Waals surface area contributed by atoms with Crippen LogP contribution in [0.2, 0.25) is 0 Å². The van der Waals surface area contributed by atoms with Crippen LogP contribution >= 0.6 is 0 Å². The zero-order valence-electron chi connectivity index (χ0n) is 20.1.